The first kappa shape index (κ1) is 39.8. The molecule has 0 aliphatic rings. The minimum absolute atomic E-state index is 1.09. The van der Waals surface area contributed by atoms with Crippen molar-refractivity contribution in [3.05, 3.63) is 273 Å². The van der Waals surface area contributed by atoms with E-state index in [2.05, 4.69) is 278 Å². The van der Waals surface area contributed by atoms with Crippen LogP contribution in [-0.2, 0) is 0 Å². The van der Waals surface area contributed by atoms with E-state index >= 15 is 0 Å². The lowest BCUT2D eigenvalue weighted by Gasteiger charge is -2.26. The second-order valence-electron chi connectivity index (χ2n) is 17.3. The van der Waals surface area contributed by atoms with Gasteiger partial charge in [0.15, 0.2) is 0 Å². The van der Waals surface area contributed by atoms with Gasteiger partial charge in [-0.25, -0.2) is 0 Å². The molecule has 0 heterocycles. The third-order valence-corrected chi connectivity index (χ3v) is 13.2. The largest absolute Gasteiger partial charge is 0.311 e. The van der Waals surface area contributed by atoms with Gasteiger partial charge in [-0.15, -0.1) is 0 Å². The molecule has 0 bridgehead atoms. The lowest BCUT2D eigenvalue weighted by atomic mass is 9.95. The molecule has 0 N–H and O–H groups in total. The van der Waals surface area contributed by atoms with Gasteiger partial charge in [-0.1, -0.05) is 212 Å². The molecule has 0 saturated heterocycles. The third kappa shape index (κ3) is 7.84. The molecule has 12 aromatic carbocycles. The molecule has 0 saturated carbocycles. The lowest BCUT2D eigenvalue weighted by Crippen LogP contribution is -2.09. The van der Waals surface area contributed by atoms with Crippen molar-refractivity contribution in [3.8, 4) is 66.8 Å². The van der Waals surface area contributed by atoms with E-state index in [1.54, 1.807) is 0 Å². The Morgan fingerprint density at radius 1 is 0.179 bits per heavy atom. The maximum atomic E-state index is 2.36. The van der Waals surface area contributed by atoms with Gasteiger partial charge in [-0.3, -0.25) is 0 Å². The summed E-state index contributed by atoms with van der Waals surface area (Å²) >= 11 is 0. The highest BCUT2D eigenvalue weighted by molar-refractivity contribution is 5.99. The van der Waals surface area contributed by atoms with Crippen LogP contribution >= 0.6 is 0 Å². The Labute approximate surface area is 392 Å². The van der Waals surface area contributed by atoms with Crippen molar-refractivity contribution in [1.82, 2.24) is 0 Å². The lowest BCUT2D eigenvalue weighted by molar-refractivity contribution is 1.28. The molecule has 12 aromatic rings. The molecule has 1 heteroatoms. The normalized spacial score (nSPS) is 11.3. The average molecular weight is 852 g/mol. The van der Waals surface area contributed by atoms with Crippen LogP contribution in [0.15, 0.2) is 273 Å². The number of nitrogens with zero attached hydrogens (tertiary/aromatic N) is 1. The summed E-state index contributed by atoms with van der Waals surface area (Å²) in [6.07, 6.45) is 0. The Bertz CT molecular complexity index is 3560. The molecule has 0 aromatic heterocycles. The van der Waals surface area contributed by atoms with Crippen LogP contribution in [0.4, 0.5) is 17.1 Å². The molecule has 0 radical (unpaired) electrons. The second kappa shape index (κ2) is 17.3. The number of anilines is 3. The maximum absolute atomic E-state index is 2.36. The summed E-state index contributed by atoms with van der Waals surface area (Å²) in [6.45, 7) is 0. The third-order valence-electron chi connectivity index (χ3n) is 13.2. The van der Waals surface area contributed by atoms with Gasteiger partial charge in [0.25, 0.3) is 0 Å². The van der Waals surface area contributed by atoms with Crippen molar-refractivity contribution in [3.63, 3.8) is 0 Å². The first-order chi connectivity index (χ1) is 33.2. The molecule has 0 aliphatic heterocycles. The summed E-state index contributed by atoms with van der Waals surface area (Å²) in [6, 6.07) is 99.4. The van der Waals surface area contributed by atoms with Crippen molar-refractivity contribution in [2.75, 3.05) is 4.90 Å². The topological polar surface area (TPSA) is 3.24 Å². The quantitative estimate of drug-likeness (QED) is 0.140. The van der Waals surface area contributed by atoms with Crippen LogP contribution < -0.4 is 4.90 Å². The van der Waals surface area contributed by atoms with Gasteiger partial charge < -0.3 is 4.90 Å². The zero-order chi connectivity index (χ0) is 44.5. The SMILES string of the molecule is c1cc(-c2ccc(N(c3ccc(-c4cccc(-c5cccc6ccccc56)c4)cc3)c3ccc(-c4cccc(-c5cccc6ccccc56)c4)cc3)cc2)cc(-c2ccc3ccccc3c2)c1. The van der Waals surface area contributed by atoms with E-state index in [0.29, 0.717) is 0 Å². The molecule has 0 spiro atoms. The van der Waals surface area contributed by atoms with Crippen LogP contribution in [0.25, 0.3) is 99.1 Å². The fraction of sp³-hybridized carbons (Fsp3) is 0. The van der Waals surface area contributed by atoms with Gasteiger partial charge >= 0.3 is 0 Å². The van der Waals surface area contributed by atoms with Crippen molar-refractivity contribution < 1.29 is 0 Å². The Kier molecular flexibility index (Phi) is 10.3. The van der Waals surface area contributed by atoms with Crippen molar-refractivity contribution in [2.45, 2.75) is 0 Å². The van der Waals surface area contributed by atoms with E-state index in [1.807, 2.05) is 0 Å². The minimum atomic E-state index is 1.09. The Hall–Kier alpha value is -8.78. The smallest absolute Gasteiger partial charge is 0.0462 e. The van der Waals surface area contributed by atoms with Crippen LogP contribution in [0.1, 0.15) is 0 Å². The fourth-order valence-corrected chi connectivity index (χ4v) is 9.79. The number of fused-ring (bicyclic) bond motifs is 3. The molecule has 0 unspecified atom stereocenters. The average Bonchev–Trinajstić information content (AvgIpc) is 3.41. The summed E-state index contributed by atoms with van der Waals surface area (Å²) in [5.74, 6) is 0. The summed E-state index contributed by atoms with van der Waals surface area (Å²) in [5, 5.41) is 7.53. The molecule has 0 atom stereocenters. The summed E-state index contributed by atoms with van der Waals surface area (Å²) in [4.78, 5) is 2.36. The van der Waals surface area contributed by atoms with Crippen LogP contribution in [0.3, 0.4) is 0 Å². The summed E-state index contributed by atoms with van der Waals surface area (Å²) in [7, 11) is 0. The summed E-state index contributed by atoms with van der Waals surface area (Å²) in [5.41, 5.74) is 17.7. The predicted molar refractivity (Wildman–Crippen MR) is 286 cm³/mol. The second-order valence-corrected chi connectivity index (χ2v) is 17.3. The minimum Gasteiger partial charge on any atom is -0.311 e. The molecule has 67 heavy (non-hydrogen) atoms. The van der Waals surface area contributed by atoms with E-state index in [0.717, 1.165) is 17.1 Å². The van der Waals surface area contributed by atoms with E-state index in [9.17, 15) is 0 Å². The molecule has 0 aliphatic carbocycles. The van der Waals surface area contributed by atoms with Crippen molar-refractivity contribution in [1.29, 1.82) is 0 Å². The molecule has 12 rings (SSSR count). The van der Waals surface area contributed by atoms with Crippen molar-refractivity contribution >= 4 is 49.4 Å². The molecular formula is C66H45N. The number of rotatable bonds is 9. The summed E-state index contributed by atoms with van der Waals surface area (Å²) < 4.78 is 0. The van der Waals surface area contributed by atoms with E-state index in [-0.39, 0.29) is 0 Å². The number of hydrogen-bond donors (Lipinski definition) is 0. The van der Waals surface area contributed by atoms with Gasteiger partial charge in [-0.2, -0.15) is 0 Å². The van der Waals surface area contributed by atoms with Crippen LogP contribution in [0.2, 0.25) is 0 Å². The fourth-order valence-electron chi connectivity index (χ4n) is 9.79. The molecular weight excluding hydrogens is 807 g/mol. The molecule has 0 fully saturated rings. The van der Waals surface area contributed by atoms with E-state index in [1.165, 1.54) is 99.1 Å². The Morgan fingerprint density at radius 2 is 0.493 bits per heavy atom. The Balaban J connectivity index is 0.890. The van der Waals surface area contributed by atoms with Gasteiger partial charge in [0, 0.05) is 17.1 Å². The zero-order valence-electron chi connectivity index (χ0n) is 36.9. The van der Waals surface area contributed by atoms with Gasteiger partial charge in [0.05, 0.1) is 0 Å². The highest BCUT2D eigenvalue weighted by atomic mass is 15.1. The van der Waals surface area contributed by atoms with Gasteiger partial charge in [0.2, 0.25) is 0 Å². The van der Waals surface area contributed by atoms with Crippen LogP contribution in [-0.4, -0.2) is 0 Å². The van der Waals surface area contributed by atoms with Crippen molar-refractivity contribution in [2.24, 2.45) is 0 Å². The first-order valence-corrected chi connectivity index (χ1v) is 23.1. The first-order valence-electron chi connectivity index (χ1n) is 23.1. The standard InChI is InChI=1S/C66H45N/c1-2-15-52-43-57(29-28-46(52)12-1)56-21-7-18-53(42-56)47-30-36-60(37-31-47)67(61-38-32-48(33-39-61)54-19-8-22-58(44-54)65-26-10-16-50-13-3-5-24-63(50)65)62-40-34-49(35-41-62)55-20-9-23-59(45-55)66-27-11-17-51-14-4-6-25-64(51)66/h1-45H. The highest BCUT2D eigenvalue weighted by Crippen LogP contribution is 2.40. The number of benzene rings is 12. The zero-order valence-corrected chi connectivity index (χ0v) is 36.9. The monoisotopic (exact) mass is 851 g/mol. The van der Waals surface area contributed by atoms with E-state index < -0.39 is 0 Å². The molecule has 0 amide bonds. The molecule has 314 valence electrons. The molecule has 1 nitrogen and oxygen atoms in total. The van der Waals surface area contributed by atoms with Crippen LogP contribution in [0.5, 0.6) is 0 Å². The predicted octanol–water partition coefficient (Wildman–Crippen LogP) is 18.6. The Morgan fingerprint density at radius 3 is 0.955 bits per heavy atom. The van der Waals surface area contributed by atoms with Crippen LogP contribution in [0, 0.1) is 0 Å². The van der Waals surface area contributed by atoms with E-state index in [4.69, 9.17) is 0 Å². The maximum Gasteiger partial charge on any atom is 0.0462 e. The van der Waals surface area contributed by atoms with Gasteiger partial charge in [-0.05, 0) is 160 Å². The highest BCUT2D eigenvalue weighted by Gasteiger charge is 2.15. The number of hydrogen-bond acceptors (Lipinski definition) is 1. The van der Waals surface area contributed by atoms with Gasteiger partial charge in [0.1, 0.15) is 0 Å².